The minimum absolute atomic E-state index is 0.289. The average Bonchev–Trinajstić information content (AvgIpc) is 2.79. The van der Waals surface area contributed by atoms with Gasteiger partial charge in [-0.25, -0.2) is 9.18 Å². The number of hydrogen-bond donors (Lipinski definition) is 0. The van der Waals surface area contributed by atoms with Gasteiger partial charge in [-0.1, -0.05) is 17.7 Å². The van der Waals surface area contributed by atoms with Crippen LogP contribution in [0.3, 0.4) is 0 Å². The summed E-state index contributed by atoms with van der Waals surface area (Å²) in [4.78, 5) is 27.1. The predicted molar refractivity (Wildman–Crippen MR) is 134 cm³/mol. The molecule has 0 fully saturated rings. The highest BCUT2D eigenvalue weighted by Crippen LogP contribution is 2.35. The summed E-state index contributed by atoms with van der Waals surface area (Å²) in [5.74, 6) is -0.128. The van der Waals surface area contributed by atoms with Crippen LogP contribution in [0.25, 0.3) is 16.8 Å². The number of aromatic nitrogens is 1. The summed E-state index contributed by atoms with van der Waals surface area (Å²) in [5.41, 5.74) is 2.74. The summed E-state index contributed by atoms with van der Waals surface area (Å²) in [6.07, 6.45) is 0.000218. The topological polar surface area (TPSA) is 60.8 Å². The average molecular weight is 499 g/mol. The van der Waals surface area contributed by atoms with E-state index in [-0.39, 0.29) is 12.1 Å². The molecule has 4 rings (SSSR count). The van der Waals surface area contributed by atoms with E-state index in [4.69, 9.17) is 21.1 Å². The van der Waals surface area contributed by atoms with Gasteiger partial charge in [-0.15, -0.1) is 0 Å². The van der Waals surface area contributed by atoms with Gasteiger partial charge in [0, 0.05) is 41.4 Å². The van der Waals surface area contributed by atoms with Crippen molar-refractivity contribution in [1.82, 2.24) is 9.47 Å². The smallest absolute Gasteiger partial charge is 0.410 e. The second-order valence-corrected chi connectivity index (χ2v) is 10.0. The molecule has 0 unspecified atom stereocenters. The first-order chi connectivity index (χ1) is 16.5. The van der Waals surface area contributed by atoms with E-state index >= 15 is 4.39 Å². The van der Waals surface area contributed by atoms with E-state index in [2.05, 4.69) is 0 Å². The highest BCUT2D eigenvalue weighted by Gasteiger charge is 2.28. The fourth-order valence-corrected chi connectivity index (χ4v) is 4.34. The number of aryl methyl sites for hydroxylation is 1. The molecule has 2 heterocycles. The number of ether oxygens (including phenoxy) is 2. The lowest BCUT2D eigenvalue weighted by Gasteiger charge is -2.32. The number of methoxy groups -OCH3 is 1. The second kappa shape index (κ2) is 9.38. The van der Waals surface area contributed by atoms with Crippen LogP contribution in [0.5, 0.6) is 5.75 Å². The maximum absolute atomic E-state index is 15.4. The molecule has 0 saturated carbocycles. The third-order valence-electron chi connectivity index (χ3n) is 5.90. The van der Waals surface area contributed by atoms with Crippen molar-refractivity contribution in [3.05, 3.63) is 80.5 Å². The SMILES string of the molecule is COc1cc(-c2ccc(Cl)c(C)c2)c(F)cc1-n1c2c(ccc1=O)CN(C(=O)OC(C)(C)C)CC2. The van der Waals surface area contributed by atoms with Crippen molar-refractivity contribution >= 4 is 17.7 Å². The first-order valence-electron chi connectivity index (χ1n) is 11.3. The first kappa shape index (κ1) is 24.8. The fraction of sp³-hybridized carbons (Fsp3) is 0.333. The quantitative estimate of drug-likeness (QED) is 0.450. The maximum atomic E-state index is 15.4. The van der Waals surface area contributed by atoms with Crippen LogP contribution in [0.2, 0.25) is 5.02 Å². The normalized spacial score (nSPS) is 13.4. The van der Waals surface area contributed by atoms with Crippen molar-refractivity contribution in [3.63, 3.8) is 0 Å². The maximum Gasteiger partial charge on any atom is 0.410 e. The molecule has 0 bridgehead atoms. The van der Waals surface area contributed by atoms with Crippen molar-refractivity contribution < 1.29 is 18.7 Å². The van der Waals surface area contributed by atoms with Gasteiger partial charge >= 0.3 is 6.09 Å². The minimum atomic E-state index is -0.606. The largest absolute Gasteiger partial charge is 0.495 e. The number of nitrogens with zero attached hydrogens (tertiary/aromatic N) is 2. The third-order valence-corrected chi connectivity index (χ3v) is 6.32. The number of pyridine rings is 1. The van der Waals surface area contributed by atoms with E-state index in [1.54, 1.807) is 29.2 Å². The number of amides is 1. The van der Waals surface area contributed by atoms with Crippen molar-refractivity contribution in [3.8, 4) is 22.6 Å². The molecule has 1 aliphatic heterocycles. The molecule has 0 saturated heterocycles. The van der Waals surface area contributed by atoms with Gasteiger partial charge in [0.05, 0.1) is 19.3 Å². The zero-order valence-corrected chi connectivity index (χ0v) is 21.2. The van der Waals surface area contributed by atoms with Crippen molar-refractivity contribution in [2.75, 3.05) is 13.7 Å². The highest BCUT2D eigenvalue weighted by atomic mass is 35.5. The molecule has 2 aromatic carbocycles. The number of benzene rings is 2. The Balaban J connectivity index is 1.76. The van der Waals surface area contributed by atoms with Gasteiger partial charge in [-0.05, 0) is 68.7 Å². The summed E-state index contributed by atoms with van der Waals surface area (Å²) in [6, 6.07) is 11.3. The number of fused-ring (bicyclic) bond motifs is 1. The van der Waals surface area contributed by atoms with E-state index in [9.17, 15) is 9.59 Å². The van der Waals surface area contributed by atoms with E-state index < -0.39 is 17.5 Å². The Hall–Kier alpha value is -3.32. The van der Waals surface area contributed by atoms with Gasteiger partial charge in [0.25, 0.3) is 5.56 Å². The summed E-state index contributed by atoms with van der Waals surface area (Å²) >= 11 is 6.13. The van der Waals surface area contributed by atoms with Gasteiger partial charge in [-0.2, -0.15) is 0 Å². The first-order valence-corrected chi connectivity index (χ1v) is 11.7. The predicted octanol–water partition coefficient (Wildman–Crippen LogP) is 5.91. The van der Waals surface area contributed by atoms with Gasteiger partial charge in [0.15, 0.2) is 0 Å². The zero-order chi connectivity index (χ0) is 25.5. The summed E-state index contributed by atoms with van der Waals surface area (Å²) in [7, 11) is 1.48. The number of hydrogen-bond acceptors (Lipinski definition) is 4. The lowest BCUT2D eigenvalue weighted by Crippen LogP contribution is -2.41. The standard InChI is InChI=1S/C27H28ClFN2O4/c1-16-12-17(6-8-20(16)28)19-13-24(34-5)23(14-21(19)29)31-22-10-11-30(26(33)35-27(2,3)4)15-18(22)7-9-25(31)32/h6-9,12-14H,10-11,15H2,1-5H3. The molecule has 0 N–H and O–H groups in total. The summed E-state index contributed by atoms with van der Waals surface area (Å²) < 4.78 is 27.9. The molecule has 0 spiro atoms. The van der Waals surface area contributed by atoms with Gasteiger partial charge in [0.1, 0.15) is 17.2 Å². The van der Waals surface area contributed by atoms with Crippen molar-refractivity contribution in [2.45, 2.75) is 46.3 Å². The Kier molecular flexibility index (Phi) is 6.64. The summed E-state index contributed by atoms with van der Waals surface area (Å²) in [6.45, 7) is 7.96. The molecule has 1 aliphatic rings. The Morgan fingerprint density at radius 3 is 2.51 bits per heavy atom. The number of rotatable bonds is 3. The molecular weight excluding hydrogens is 471 g/mol. The van der Waals surface area contributed by atoms with Crippen LogP contribution in [-0.4, -0.2) is 34.8 Å². The monoisotopic (exact) mass is 498 g/mol. The van der Waals surface area contributed by atoms with Gasteiger partial charge in [-0.3, -0.25) is 9.36 Å². The van der Waals surface area contributed by atoms with Crippen molar-refractivity contribution in [1.29, 1.82) is 0 Å². The van der Waals surface area contributed by atoms with Crippen LogP contribution in [-0.2, 0) is 17.7 Å². The Labute approximate surface area is 208 Å². The molecule has 1 amide bonds. The molecule has 0 aliphatic carbocycles. The number of halogens is 2. The van der Waals surface area contributed by atoms with Crippen LogP contribution in [0.4, 0.5) is 9.18 Å². The van der Waals surface area contributed by atoms with Crippen LogP contribution in [0.1, 0.15) is 37.6 Å². The van der Waals surface area contributed by atoms with E-state index in [0.29, 0.717) is 46.2 Å². The highest BCUT2D eigenvalue weighted by molar-refractivity contribution is 6.31. The molecule has 3 aromatic rings. The molecule has 1 aromatic heterocycles. The third kappa shape index (κ3) is 5.05. The molecular formula is C27H28ClFN2O4. The lowest BCUT2D eigenvalue weighted by atomic mass is 10.0. The van der Waals surface area contributed by atoms with Crippen LogP contribution < -0.4 is 10.3 Å². The molecule has 6 nitrogen and oxygen atoms in total. The van der Waals surface area contributed by atoms with Crippen LogP contribution in [0, 0.1) is 12.7 Å². The van der Waals surface area contributed by atoms with Crippen LogP contribution >= 0.6 is 11.6 Å². The Morgan fingerprint density at radius 1 is 1.11 bits per heavy atom. The van der Waals surface area contributed by atoms with Crippen molar-refractivity contribution in [2.24, 2.45) is 0 Å². The van der Waals surface area contributed by atoms with Gasteiger partial charge < -0.3 is 14.4 Å². The second-order valence-electron chi connectivity index (χ2n) is 9.60. The number of carbonyl (C=O) groups excluding carboxylic acids is 1. The molecule has 184 valence electrons. The lowest BCUT2D eigenvalue weighted by molar-refractivity contribution is 0.0222. The van der Waals surface area contributed by atoms with E-state index in [1.165, 1.54) is 23.8 Å². The van der Waals surface area contributed by atoms with Gasteiger partial charge in [0.2, 0.25) is 0 Å². The molecule has 0 radical (unpaired) electrons. The van der Waals surface area contributed by atoms with E-state index in [0.717, 1.165) is 11.1 Å². The number of carbonyl (C=O) groups is 1. The Morgan fingerprint density at radius 2 is 1.86 bits per heavy atom. The van der Waals surface area contributed by atoms with Crippen LogP contribution in [0.15, 0.2) is 47.3 Å². The summed E-state index contributed by atoms with van der Waals surface area (Å²) in [5, 5.41) is 0.598. The molecule has 0 atom stereocenters. The molecule has 8 heteroatoms. The zero-order valence-electron chi connectivity index (χ0n) is 20.4. The van der Waals surface area contributed by atoms with E-state index in [1.807, 2.05) is 33.8 Å². The Bertz CT molecular complexity index is 1360. The minimum Gasteiger partial charge on any atom is -0.495 e. The molecule has 35 heavy (non-hydrogen) atoms. The fourth-order valence-electron chi connectivity index (χ4n) is 4.22.